The Morgan fingerprint density at radius 3 is 2.25 bits per heavy atom. The number of aliphatic hydroxyl groups is 1. The van der Waals surface area contributed by atoms with E-state index < -0.39 is 6.10 Å². The van der Waals surface area contributed by atoms with Crippen LogP contribution in [0.15, 0.2) is 54.6 Å². The van der Waals surface area contributed by atoms with E-state index in [1.807, 2.05) is 54.6 Å². The first-order chi connectivity index (χ1) is 7.77. The van der Waals surface area contributed by atoms with Gasteiger partial charge in [-0.3, -0.25) is 0 Å². The zero-order valence-corrected chi connectivity index (χ0v) is 9.56. The van der Waals surface area contributed by atoms with Crippen LogP contribution in [0.4, 0.5) is 0 Å². The van der Waals surface area contributed by atoms with E-state index in [1.54, 1.807) is 0 Å². The molecule has 2 rings (SSSR count). The maximum Gasteiger partial charge on any atom is 0.0830 e. The lowest BCUT2D eigenvalue weighted by atomic mass is 10.0. The van der Waals surface area contributed by atoms with Crippen LogP contribution < -0.4 is 0 Å². The number of hydrogen-bond acceptors (Lipinski definition) is 1. The molecule has 2 aromatic rings. The normalized spacial score (nSPS) is 12.4. The van der Waals surface area contributed by atoms with E-state index in [-0.39, 0.29) is 0 Å². The van der Waals surface area contributed by atoms with Gasteiger partial charge in [-0.1, -0.05) is 60.1 Å². The van der Waals surface area contributed by atoms with Gasteiger partial charge in [-0.05, 0) is 17.2 Å². The molecule has 1 nitrogen and oxygen atoms in total. The molecule has 0 amide bonds. The molecule has 0 aliphatic rings. The van der Waals surface area contributed by atoms with E-state index in [0.717, 1.165) is 11.1 Å². The molecule has 0 heterocycles. The fraction of sp³-hybridized carbons (Fsp3) is 0.143. The summed E-state index contributed by atoms with van der Waals surface area (Å²) in [7, 11) is 0. The van der Waals surface area contributed by atoms with Crippen LogP contribution in [-0.4, -0.2) is 5.11 Å². The number of halogens is 1. The van der Waals surface area contributed by atoms with Gasteiger partial charge < -0.3 is 5.11 Å². The van der Waals surface area contributed by atoms with Gasteiger partial charge in [0.1, 0.15) is 0 Å². The van der Waals surface area contributed by atoms with Crippen LogP contribution in [0.3, 0.4) is 0 Å². The molecule has 0 fully saturated rings. The van der Waals surface area contributed by atoms with E-state index in [1.165, 1.54) is 0 Å². The van der Waals surface area contributed by atoms with Gasteiger partial charge in [0.05, 0.1) is 6.10 Å². The van der Waals surface area contributed by atoms with Crippen molar-refractivity contribution < 1.29 is 5.11 Å². The van der Waals surface area contributed by atoms with Crippen LogP contribution in [-0.2, 0) is 6.42 Å². The molecule has 0 aliphatic carbocycles. The van der Waals surface area contributed by atoms with Crippen molar-refractivity contribution in [3.63, 3.8) is 0 Å². The summed E-state index contributed by atoms with van der Waals surface area (Å²) in [6, 6.07) is 17.2. The summed E-state index contributed by atoms with van der Waals surface area (Å²) in [5.74, 6) is 0. The van der Waals surface area contributed by atoms with Gasteiger partial charge in [0, 0.05) is 11.4 Å². The Bertz CT molecular complexity index is 453. The van der Waals surface area contributed by atoms with Crippen LogP contribution in [0.2, 0.25) is 5.02 Å². The van der Waals surface area contributed by atoms with Gasteiger partial charge >= 0.3 is 0 Å². The van der Waals surface area contributed by atoms with Crippen molar-refractivity contribution in [1.29, 1.82) is 0 Å². The third kappa shape index (κ3) is 2.63. The Balaban J connectivity index is 2.14. The van der Waals surface area contributed by atoms with E-state index in [2.05, 4.69) is 0 Å². The van der Waals surface area contributed by atoms with E-state index >= 15 is 0 Å². The van der Waals surface area contributed by atoms with Crippen LogP contribution in [0.1, 0.15) is 17.2 Å². The molecule has 0 spiro atoms. The largest absolute Gasteiger partial charge is 0.388 e. The van der Waals surface area contributed by atoms with Crippen molar-refractivity contribution in [3.05, 3.63) is 70.7 Å². The van der Waals surface area contributed by atoms with Crippen LogP contribution >= 0.6 is 11.6 Å². The molecule has 0 bridgehead atoms. The maximum absolute atomic E-state index is 10.0. The highest BCUT2D eigenvalue weighted by molar-refractivity contribution is 6.31. The molecule has 0 saturated heterocycles. The maximum atomic E-state index is 10.0. The molecule has 1 N–H and O–H groups in total. The average Bonchev–Trinajstić information content (AvgIpc) is 2.33. The minimum Gasteiger partial charge on any atom is -0.388 e. The highest BCUT2D eigenvalue weighted by Gasteiger charge is 2.09. The zero-order valence-electron chi connectivity index (χ0n) is 8.81. The Labute approximate surface area is 100 Å². The monoisotopic (exact) mass is 232 g/mol. The van der Waals surface area contributed by atoms with E-state index in [0.29, 0.717) is 11.4 Å². The van der Waals surface area contributed by atoms with Crippen molar-refractivity contribution in [2.24, 2.45) is 0 Å². The molecule has 1 atom stereocenters. The van der Waals surface area contributed by atoms with Crippen molar-refractivity contribution in [2.75, 3.05) is 0 Å². The van der Waals surface area contributed by atoms with E-state index in [4.69, 9.17) is 11.6 Å². The second-order valence-electron chi connectivity index (χ2n) is 3.72. The highest BCUT2D eigenvalue weighted by Crippen LogP contribution is 2.22. The van der Waals surface area contributed by atoms with Crippen LogP contribution in [0.5, 0.6) is 0 Å². The number of rotatable bonds is 3. The van der Waals surface area contributed by atoms with Gasteiger partial charge in [-0.2, -0.15) is 0 Å². The Kier molecular flexibility index (Phi) is 3.60. The number of benzene rings is 2. The molecule has 0 unspecified atom stereocenters. The van der Waals surface area contributed by atoms with Gasteiger partial charge in [0.15, 0.2) is 0 Å². The Morgan fingerprint density at radius 1 is 0.938 bits per heavy atom. The topological polar surface area (TPSA) is 20.2 Å². The summed E-state index contributed by atoms with van der Waals surface area (Å²) in [6.07, 6.45) is 0.0463. The van der Waals surface area contributed by atoms with Gasteiger partial charge in [0.2, 0.25) is 0 Å². The molecule has 2 aromatic carbocycles. The smallest absolute Gasteiger partial charge is 0.0830 e. The van der Waals surface area contributed by atoms with Crippen LogP contribution in [0, 0.1) is 0 Å². The van der Waals surface area contributed by atoms with Crippen molar-refractivity contribution in [3.8, 4) is 0 Å². The Hall–Kier alpha value is -1.31. The predicted octanol–water partition coefficient (Wildman–Crippen LogP) is 3.62. The minimum atomic E-state index is -0.499. The quantitative estimate of drug-likeness (QED) is 0.857. The number of aliphatic hydroxyl groups excluding tert-OH is 1. The highest BCUT2D eigenvalue weighted by atomic mass is 35.5. The lowest BCUT2D eigenvalue weighted by molar-refractivity contribution is 0.178. The van der Waals surface area contributed by atoms with Gasteiger partial charge in [0.25, 0.3) is 0 Å². The molecule has 16 heavy (non-hydrogen) atoms. The minimum absolute atomic E-state index is 0.499. The molecule has 0 radical (unpaired) electrons. The molecular weight excluding hydrogens is 220 g/mol. The van der Waals surface area contributed by atoms with Crippen molar-refractivity contribution >= 4 is 11.6 Å². The third-order valence-corrected chi connectivity index (χ3v) is 2.92. The standard InChI is InChI=1S/C14H13ClO/c15-13-9-5-4-8-12(13)10-14(16)11-6-2-1-3-7-11/h1-9,14,16H,10H2/t14-/m0/s1. The predicted molar refractivity (Wildman–Crippen MR) is 66.6 cm³/mol. The first-order valence-electron chi connectivity index (χ1n) is 5.24. The summed E-state index contributed by atoms with van der Waals surface area (Å²) in [5.41, 5.74) is 1.89. The first-order valence-corrected chi connectivity index (χ1v) is 5.61. The SMILES string of the molecule is O[C@@H](Cc1ccccc1Cl)c1ccccc1. The summed E-state index contributed by atoms with van der Waals surface area (Å²) in [4.78, 5) is 0. The fourth-order valence-electron chi connectivity index (χ4n) is 1.67. The molecular formula is C14H13ClO. The van der Waals surface area contributed by atoms with Crippen LogP contribution in [0.25, 0.3) is 0 Å². The summed E-state index contributed by atoms with van der Waals surface area (Å²) < 4.78 is 0. The molecule has 0 aromatic heterocycles. The van der Waals surface area contributed by atoms with E-state index in [9.17, 15) is 5.11 Å². The van der Waals surface area contributed by atoms with Crippen molar-refractivity contribution in [1.82, 2.24) is 0 Å². The van der Waals surface area contributed by atoms with Gasteiger partial charge in [-0.15, -0.1) is 0 Å². The molecule has 82 valence electrons. The average molecular weight is 233 g/mol. The van der Waals surface area contributed by atoms with Crippen molar-refractivity contribution in [2.45, 2.75) is 12.5 Å². The molecule has 0 saturated carbocycles. The fourth-order valence-corrected chi connectivity index (χ4v) is 1.88. The summed E-state index contributed by atoms with van der Waals surface area (Å²) in [6.45, 7) is 0. The second-order valence-corrected chi connectivity index (χ2v) is 4.13. The second kappa shape index (κ2) is 5.15. The summed E-state index contributed by atoms with van der Waals surface area (Å²) >= 11 is 6.04. The first kappa shape index (κ1) is 11.2. The summed E-state index contributed by atoms with van der Waals surface area (Å²) in [5, 5.41) is 10.7. The van der Waals surface area contributed by atoms with Gasteiger partial charge in [-0.25, -0.2) is 0 Å². The zero-order chi connectivity index (χ0) is 11.4. The lowest BCUT2D eigenvalue weighted by Gasteiger charge is -2.11. The molecule has 2 heteroatoms. The lowest BCUT2D eigenvalue weighted by Crippen LogP contribution is -2.01. The third-order valence-electron chi connectivity index (χ3n) is 2.56. The Morgan fingerprint density at radius 2 is 1.56 bits per heavy atom. The number of hydrogen-bond donors (Lipinski definition) is 1. The molecule has 0 aliphatic heterocycles.